The van der Waals surface area contributed by atoms with E-state index in [9.17, 15) is 5.11 Å². The second kappa shape index (κ2) is 4.32. The predicted octanol–water partition coefficient (Wildman–Crippen LogP) is 0.688. The second-order valence-electron chi connectivity index (χ2n) is 2.88. The Morgan fingerprint density at radius 3 is 2.73 bits per heavy atom. The lowest BCUT2D eigenvalue weighted by Gasteiger charge is -2.24. The summed E-state index contributed by atoms with van der Waals surface area (Å²) in [4.78, 5) is 0. The Bertz CT molecular complexity index is 147. The van der Waals surface area contributed by atoms with Gasteiger partial charge in [0, 0.05) is 13.2 Å². The van der Waals surface area contributed by atoms with Gasteiger partial charge in [0.1, 0.15) is 0 Å². The van der Waals surface area contributed by atoms with Gasteiger partial charge in [0.25, 0.3) is 0 Å². The highest BCUT2D eigenvalue weighted by atomic mass is 16.5. The molecule has 1 saturated heterocycles. The number of hydrogen-bond donors (Lipinski definition) is 1. The number of nitriles is 1. The molecule has 62 valence electrons. The van der Waals surface area contributed by atoms with Crippen molar-refractivity contribution < 1.29 is 9.84 Å². The normalized spacial score (nSPS) is 22.5. The van der Waals surface area contributed by atoms with Crippen molar-refractivity contribution in [3.8, 4) is 6.07 Å². The average molecular weight is 155 g/mol. The van der Waals surface area contributed by atoms with Crippen LogP contribution in [0.25, 0.3) is 0 Å². The summed E-state index contributed by atoms with van der Waals surface area (Å²) in [5, 5.41) is 17.7. The molecule has 11 heavy (non-hydrogen) atoms. The molecule has 1 fully saturated rings. The van der Waals surface area contributed by atoms with Crippen LogP contribution >= 0.6 is 0 Å². The number of ether oxygens (including phenoxy) is 1. The van der Waals surface area contributed by atoms with Gasteiger partial charge in [-0.25, -0.2) is 0 Å². The highest BCUT2D eigenvalue weighted by molar-refractivity contribution is 4.81. The van der Waals surface area contributed by atoms with Crippen LogP contribution in [-0.4, -0.2) is 24.4 Å². The molecule has 0 spiro atoms. The lowest BCUT2D eigenvalue weighted by Crippen LogP contribution is -2.26. The maximum absolute atomic E-state index is 9.40. The molecule has 0 aromatic carbocycles. The molecule has 0 aromatic heterocycles. The van der Waals surface area contributed by atoms with Crippen LogP contribution in [0.1, 0.15) is 19.3 Å². The number of rotatable bonds is 2. The van der Waals surface area contributed by atoms with Gasteiger partial charge in [-0.05, 0) is 18.8 Å². The first-order valence-electron chi connectivity index (χ1n) is 3.97. The van der Waals surface area contributed by atoms with Gasteiger partial charge >= 0.3 is 0 Å². The van der Waals surface area contributed by atoms with Crippen LogP contribution in [0.2, 0.25) is 0 Å². The molecule has 1 unspecified atom stereocenters. The predicted molar refractivity (Wildman–Crippen MR) is 39.8 cm³/mol. The zero-order valence-electron chi connectivity index (χ0n) is 6.49. The van der Waals surface area contributed by atoms with Gasteiger partial charge < -0.3 is 9.84 Å². The topological polar surface area (TPSA) is 53.2 Å². The molecule has 0 aliphatic carbocycles. The zero-order valence-corrected chi connectivity index (χ0v) is 6.49. The van der Waals surface area contributed by atoms with Crippen molar-refractivity contribution in [3.63, 3.8) is 0 Å². The Kier molecular flexibility index (Phi) is 3.34. The summed E-state index contributed by atoms with van der Waals surface area (Å²) < 4.78 is 5.13. The third-order valence-electron chi connectivity index (χ3n) is 2.11. The maximum atomic E-state index is 9.40. The monoisotopic (exact) mass is 155 g/mol. The molecule has 1 aliphatic rings. The standard InChI is InChI=1S/C8H13NO2/c9-4-1-8(10)7-2-5-11-6-3-7/h7-8,10H,1-3,5-6H2. The summed E-state index contributed by atoms with van der Waals surface area (Å²) in [6.07, 6.45) is 1.60. The van der Waals surface area contributed by atoms with Gasteiger partial charge in [0.15, 0.2) is 0 Å². The minimum absolute atomic E-state index is 0.255. The van der Waals surface area contributed by atoms with Crippen molar-refractivity contribution in [3.05, 3.63) is 0 Å². The maximum Gasteiger partial charge on any atom is 0.0699 e. The first-order chi connectivity index (χ1) is 5.34. The van der Waals surface area contributed by atoms with Crippen LogP contribution in [0.5, 0.6) is 0 Å². The largest absolute Gasteiger partial charge is 0.392 e. The number of nitrogens with zero attached hydrogens (tertiary/aromatic N) is 1. The molecule has 1 rings (SSSR count). The van der Waals surface area contributed by atoms with Gasteiger partial charge in [-0.2, -0.15) is 5.26 Å². The van der Waals surface area contributed by atoms with Gasteiger partial charge in [-0.3, -0.25) is 0 Å². The van der Waals surface area contributed by atoms with Crippen molar-refractivity contribution in [2.45, 2.75) is 25.4 Å². The van der Waals surface area contributed by atoms with Crippen molar-refractivity contribution in [1.82, 2.24) is 0 Å². The summed E-state index contributed by atoms with van der Waals surface area (Å²) in [7, 11) is 0. The highest BCUT2D eigenvalue weighted by Gasteiger charge is 2.21. The van der Waals surface area contributed by atoms with E-state index in [1.807, 2.05) is 6.07 Å². The van der Waals surface area contributed by atoms with Gasteiger partial charge in [-0.15, -0.1) is 0 Å². The lowest BCUT2D eigenvalue weighted by molar-refractivity contribution is 0.01000. The van der Waals surface area contributed by atoms with Crippen molar-refractivity contribution in [2.75, 3.05) is 13.2 Å². The molecule has 1 N–H and O–H groups in total. The number of aliphatic hydroxyl groups excluding tert-OH is 1. The molecule has 0 bridgehead atoms. The Balaban J connectivity index is 2.27. The van der Waals surface area contributed by atoms with Crippen LogP contribution in [0.4, 0.5) is 0 Å². The molecule has 0 radical (unpaired) electrons. The minimum atomic E-state index is -0.441. The highest BCUT2D eigenvalue weighted by Crippen LogP contribution is 2.20. The van der Waals surface area contributed by atoms with E-state index in [-0.39, 0.29) is 12.3 Å². The van der Waals surface area contributed by atoms with E-state index in [0.29, 0.717) is 0 Å². The fraction of sp³-hybridized carbons (Fsp3) is 0.875. The quantitative estimate of drug-likeness (QED) is 0.638. The summed E-state index contributed by atoms with van der Waals surface area (Å²) >= 11 is 0. The van der Waals surface area contributed by atoms with Crippen LogP contribution < -0.4 is 0 Å². The van der Waals surface area contributed by atoms with E-state index in [0.717, 1.165) is 26.1 Å². The van der Waals surface area contributed by atoms with E-state index in [1.54, 1.807) is 0 Å². The van der Waals surface area contributed by atoms with Crippen molar-refractivity contribution >= 4 is 0 Å². The molecule has 3 nitrogen and oxygen atoms in total. The van der Waals surface area contributed by atoms with E-state index in [4.69, 9.17) is 10.00 Å². The molecular weight excluding hydrogens is 142 g/mol. The van der Waals surface area contributed by atoms with Crippen molar-refractivity contribution in [2.24, 2.45) is 5.92 Å². The number of aliphatic hydroxyl groups is 1. The Morgan fingerprint density at radius 2 is 2.18 bits per heavy atom. The van der Waals surface area contributed by atoms with E-state index in [2.05, 4.69) is 0 Å². The number of hydrogen-bond acceptors (Lipinski definition) is 3. The summed E-state index contributed by atoms with van der Waals surface area (Å²) in [6, 6.07) is 1.97. The van der Waals surface area contributed by atoms with Crippen LogP contribution in [0.15, 0.2) is 0 Å². The van der Waals surface area contributed by atoms with Crippen LogP contribution in [0, 0.1) is 17.2 Å². The first kappa shape index (κ1) is 8.51. The molecule has 0 saturated carbocycles. The molecule has 0 amide bonds. The molecule has 1 atom stereocenters. The van der Waals surface area contributed by atoms with Gasteiger partial charge in [0.2, 0.25) is 0 Å². The third-order valence-corrected chi connectivity index (χ3v) is 2.11. The summed E-state index contributed by atoms with van der Waals surface area (Å²) in [5.41, 5.74) is 0. The minimum Gasteiger partial charge on any atom is -0.392 e. The first-order valence-corrected chi connectivity index (χ1v) is 3.97. The Hall–Kier alpha value is -0.590. The second-order valence-corrected chi connectivity index (χ2v) is 2.88. The fourth-order valence-electron chi connectivity index (χ4n) is 1.36. The van der Waals surface area contributed by atoms with E-state index in [1.165, 1.54) is 0 Å². The lowest BCUT2D eigenvalue weighted by atomic mass is 9.92. The average Bonchev–Trinajstić information content (AvgIpc) is 2.07. The van der Waals surface area contributed by atoms with Crippen LogP contribution in [-0.2, 0) is 4.74 Å². The third kappa shape index (κ3) is 2.49. The molecule has 3 heteroatoms. The molecular formula is C8H13NO2. The van der Waals surface area contributed by atoms with Crippen LogP contribution in [0.3, 0.4) is 0 Å². The smallest absolute Gasteiger partial charge is 0.0699 e. The summed E-state index contributed by atoms with van der Waals surface area (Å²) in [6.45, 7) is 1.46. The SMILES string of the molecule is N#CCC(O)C1CCOCC1. The van der Waals surface area contributed by atoms with Gasteiger partial charge in [0.05, 0.1) is 18.6 Å². The Labute approximate surface area is 66.6 Å². The zero-order chi connectivity index (χ0) is 8.10. The molecule has 0 aromatic rings. The molecule has 1 heterocycles. The molecule has 1 aliphatic heterocycles. The van der Waals surface area contributed by atoms with Gasteiger partial charge in [-0.1, -0.05) is 0 Å². The van der Waals surface area contributed by atoms with E-state index >= 15 is 0 Å². The van der Waals surface area contributed by atoms with Crippen molar-refractivity contribution in [1.29, 1.82) is 5.26 Å². The Morgan fingerprint density at radius 1 is 1.55 bits per heavy atom. The van der Waals surface area contributed by atoms with E-state index < -0.39 is 6.10 Å². The summed E-state index contributed by atoms with van der Waals surface area (Å²) in [5.74, 6) is 0.281. The fourth-order valence-corrected chi connectivity index (χ4v) is 1.36.